The number of hydrogen-bond donors (Lipinski definition) is 2. The molecule has 0 amide bonds. The third kappa shape index (κ3) is 4.17. The number of aliphatic hydroxyl groups is 1. The predicted octanol–water partition coefficient (Wildman–Crippen LogP) is 2.00. The molecule has 2 heterocycles. The van der Waals surface area contributed by atoms with Crippen LogP contribution in [-0.2, 0) is 6.54 Å². The Morgan fingerprint density at radius 1 is 1.23 bits per heavy atom. The molecule has 0 fully saturated rings. The van der Waals surface area contributed by atoms with Gasteiger partial charge < -0.3 is 19.9 Å². The Hall–Kier alpha value is -2.51. The van der Waals surface area contributed by atoms with Gasteiger partial charge in [0, 0.05) is 32.2 Å². The summed E-state index contributed by atoms with van der Waals surface area (Å²) in [4.78, 5) is 15.4. The lowest BCUT2D eigenvalue weighted by Gasteiger charge is -2.20. The fourth-order valence-electron chi connectivity index (χ4n) is 2.93. The molecule has 0 aliphatic heterocycles. The molecular formula is C19H26N6O. The normalized spacial score (nSPS) is 12.4. The van der Waals surface area contributed by atoms with Gasteiger partial charge in [-0.15, -0.1) is 0 Å². The minimum absolute atomic E-state index is 0.0777. The maximum absolute atomic E-state index is 9.21. The van der Waals surface area contributed by atoms with Crippen molar-refractivity contribution in [2.75, 3.05) is 31.1 Å². The van der Waals surface area contributed by atoms with Gasteiger partial charge in [0.1, 0.15) is 5.52 Å². The first kappa shape index (κ1) is 18.3. The van der Waals surface area contributed by atoms with Gasteiger partial charge in [0.15, 0.2) is 5.65 Å². The Bertz CT molecular complexity index is 819. The fraction of sp³-hybridized carbons (Fsp3) is 0.421. The predicted molar refractivity (Wildman–Crippen MR) is 103 cm³/mol. The molecule has 26 heavy (non-hydrogen) atoms. The van der Waals surface area contributed by atoms with Gasteiger partial charge in [-0.1, -0.05) is 30.3 Å². The lowest BCUT2D eigenvalue weighted by Crippen LogP contribution is -2.28. The third-order valence-corrected chi connectivity index (χ3v) is 4.42. The number of aromatic nitrogens is 4. The van der Waals surface area contributed by atoms with Crippen LogP contribution in [0.15, 0.2) is 42.9 Å². The van der Waals surface area contributed by atoms with E-state index in [1.807, 2.05) is 36.4 Å². The van der Waals surface area contributed by atoms with Crippen molar-refractivity contribution in [3.05, 3.63) is 48.4 Å². The lowest BCUT2D eigenvalue weighted by molar-refractivity contribution is 0.302. The van der Waals surface area contributed by atoms with E-state index in [2.05, 4.69) is 43.9 Å². The van der Waals surface area contributed by atoms with Crippen molar-refractivity contribution in [3.63, 3.8) is 0 Å². The van der Waals surface area contributed by atoms with Crippen LogP contribution >= 0.6 is 0 Å². The highest BCUT2D eigenvalue weighted by Gasteiger charge is 2.14. The number of anilines is 1. The van der Waals surface area contributed by atoms with E-state index in [9.17, 15) is 5.11 Å². The number of imidazole rings is 1. The molecule has 2 N–H and O–H groups in total. The molecule has 0 spiro atoms. The van der Waals surface area contributed by atoms with Crippen LogP contribution in [0.1, 0.15) is 25.5 Å². The largest absolute Gasteiger partial charge is 0.395 e. The molecule has 0 saturated carbocycles. The SMILES string of the molecule is CCN(CCO)c1ncc2ncn(C(C)CNCc3ccccc3)c2n1. The van der Waals surface area contributed by atoms with E-state index in [1.54, 1.807) is 6.20 Å². The summed E-state index contributed by atoms with van der Waals surface area (Å²) < 4.78 is 2.07. The van der Waals surface area contributed by atoms with E-state index in [1.165, 1.54) is 5.56 Å². The molecule has 0 bridgehead atoms. The number of nitrogens with one attached hydrogen (secondary N) is 1. The van der Waals surface area contributed by atoms with Crippen LogP contribution in [0.5, 0.6) is 0 Å². The second-order valence-electron chi connectivity index (χ2n) is 6.30. The zero-order valence-electron chi connectivity index (χ0n) is 15.3. The molecule has 0 aliphatic carbocycles. The van der Waals surface area contributed by atoms with Crippen LogP contribution in [-0.4, -0.2) is 50.9 Å². The van der Waals surface area contributed by atoms with Crippen LogP contribution in [0.2, 0.25) is 0 Å². The first-order chi connectivity index (χ1) is 12.7. The molecule has 0 aliphatic rings. The first-order valence-electron chi connectivity index (χ1n) is 9.03. The van der Waals surface area contributed by atoms with Crippen LogP contribution < -0.4 is 10.2 Å². The molecular weight excluding hydrogens is 328 g/mol. The Morgan fingerprint density at radius 2 is 2.04 bits per heavy atom. The second-order valence-corrected chi connectivity index (χ2v) is 6.30. The van der Waals surface area contributed by atoms with Crippen molar-refractivity contribution in [3.8, 4) is 0 Å². The fourth-order valence-corrected chi connectivity index (χ4v) is 2.93. The Morgan fingerprint density at radius 3 is 2.77 bits per heavy atom. The summed E-state index contributed by atoms with van der Waals surface area (Å²) in [6, 6.07) is 10.6. The van der Waals surface area contributed by atoms with Gasteiger partial charge in [0.05, 0.1) is 19.1 Å². The van der Waals surface area contributed by atoms with E-state index in [4.69, 9.17) is 0 Å². The molecule has 2 aromatic heterocycles. The lowest BCUT2D eigenvalue weighted by atomic mass is 10.2. The molecule has 7 nitrogen and oxygen atoms in total. The summed E-state index contributed by atoms with van der Waals surface area (Å²) in [5, 5.41) is 12.7. The Labute approximate surface area is 153 Å². The Balaban J connectivity index is 1.72. The second kappa shape index (κ2) is 8.73. The monoisotopic (exact) mass is 354 g/mol. The van der Waals surface area contributed by atoms with Crippen molar-refractivity contribution in [2.45, 2.75) is 26.4 Å². The highest BCUT2D eigenvalue weighted by atomic mass is 16.3. The maximum Gasteiger partial charge on any atom is 0.227 e. The van der Waals surface area contributed by atoms with Crippen molar-refractivity contribution in [2.24, 2.45) is 0 Å². The highest BCUT2D eigenvalue weighted by Crippen LogP contribution is 2.18. The number of likely N-dealkylation sites (N-methyl/N-ethyl adjacent to an activating group) is 1. The van der Waals surface area contributed by atoms with Gasteiger partial charge in [-0.05, 0) is 19.4 Å². The molecule has 3 rings (SSSR count). The minimum Gasteiger partial charge on any atom is -0.395 e. The first-order valence-corrected chi connectivity index (χ1v) is 9.03. The molecule has 7 heteroatoms. The van der Waals surface area contributed by atoms with Gasteiger partial charge in [0.25, 0.3) is 0 Å². The number of aliphatic hydroxyl groups excluding tert-OH is 1. The standard InChI is InChI=1S/C19H26N6O/c1-3-24(9-10-26)19-21-13-17-18(23-19)25(14-22-17)15(2)11-20-12-16-7-5-4-6-8-16/h4-8,13-15,20,26H,3,9-12H2,1-2H3. The number of benzene rings is 1. The van der Waals surface area contributed by atoms with Gasteiger partial charge in [-0.3, -0.25) is 0 Å². The summed E-state index contributed by atoms with van der Waals surface area (Å²) in [6.45, 7) is 7.15. The average Bonchev–Trinajstić information content (AvgIpc) is 3.10. The quantitative estimate of drug-likeness (QED) is 0.612. The molecule has 1 aromatic carbocycles. The minimum atomic E-state index is 0.0777. The molecule has 138 valence electrons. The van der Waals surface area contributed by atoms with Crippen molar-refractivity contribution in [1.82, 2.24) is 24.8 Å². The summed E-state index contributed by atoms with van der Waals surface area (Å²) in [5.41, 5.74) is 2.87. The highest BCUT2D eigenvalue weighted by molar-refractivity contribution is 5.71. The third-order valence-electron chi connectivity index (χ3n) is 4.42. The van der Waals surface area contributed by atoms with Gasteiger partial charge >= 0.3 is 0 Å². The van der Waals surface area contributed by atoms with Gasteiger partial charge in [-0.25, -0.2) is 9.97 Å². The van der Waals surface area contributed by atoms with E-state index < -0.39 is 0 Å². The molecule has 1 unspecified atom stereocenters. The molecule has 0 radical (unpaired) electrons. The molecule has 1 atom stereocenters. The summed E-state index contributed by atoms with van der Waals surface area (Å²) in [7, 11) is 0. The maximum atomic E-state index is 9.21. The number of nitrogens with zero attached hydrogens (tertiary/aromatic N) is 5. The van der Waals surface area contributed by atoms with Crippen LogP contribution in [0.3, 0.4) is 0 Å². The number of fused-ring (bicyclic) bond motifs is 1. The van der Waals surface area contributed by atoms with E-state index >= 15 is 0 Å². The molecule has 3 aromatic rings. The molecule has 0 saturated heterocycles. The average molecular weight is 354 g/mol. The van der Waals surface area contributed by atoms with Crippen molar-refractivity contribution in [1.29, 1.82) is 0 Å². The van der Waals surface area contributed by atoms with Gasteiger partial charge in [-0.2, -0.15) is 4.98 Å². The van der Waals surface area contributed by atoms with E-state index in [0.717, 1.165) is 30.8 Å². The number of rotatable bonds is 9. The smallest absolute Gasteiger partial charge is 0.227 e. The summed E-state index contributed by atoms with van der Waals surface area (Å²) in [5.74, 6) is 0.625. The number of hydrogen-bond acceptors (Lipinski definition) is 6. The zero-order valence-corrected chi connectivity index (χ0v) is 15.3. The van der Waals surface area contributed by atoms with E-state index in [0.29, 0.717) is 12.5 Å². The summed E-state index contributed by atoms with van der Waals surface area (Å²) >= 11 is 0. The topological polar surface area (TPSA) is 79.1 Å². The van der Waals surface area contributed by atoms with Crippen LogP contribution in [0.25, 0.3) is 11.2 Å². The van der Waals surface area contributed by atoms with Crippen LogP contribution in [0, 0.1) is 0 Å². The van der Waals surface area contributed by atoms with Crippen LogP contribution in [0.4, 0.5) is 5.95 Å². The van der Waals surface area contributed by atoms with Crippen molar-refractivity contribution < 1.29 is 5.11 Å². The van der Waals surface area contributed by atoms with Gasteiger partial charge in [0.2, 0.25) is 5.95 Å². The zero-order chi connectivity index (χ0) is 18.4. The summed E-state index contributed by atoms with van der Waals surface area (Å²) in [6.07, 6.45) is 3.57. The Kier molecular flexibility index (Phi) is 6.14. The van der Waals surface area contributed by atoms with E-state index in [-0.39, 0.29) is 12.6 Å². The van der Waals surface area contributed by atoms with Crippen molar-refractivity contribution >= 4 is 17.1 Å².